The summed E-state index contributed by atoms with van der Waals surface area (Å²) in [5.74, 6) is 1.40. The van der Waals surface area contributed by atoms with Gasteiger partial charge < -0.3 is 19.5 Å². The topological polar surface area (TPSA) is 56.8 Å². The molecule has 1 heterocycles. The van der Waals surface area contributed by atoms with Gasteiger partial charge >= 0.3 is 0 Å². The number of methoxy groups -OCH3 is 1. The number of hydrogen-bond donors (Lipinski definition) is 1. The molecule has 0 saturated carbocycles. The molecule has 0 bridgehead atoms. The maximum atomic E-state index is 12.5. The molecule has 27 heavy (non-hydrogen) atoms. The molecule has 0 unspecified atom stereocenters. The third kappa shape index (κ3) is 5.23. The smallest absolute Gasteiger partial charge is 0.251 e. The fourth-order valence-electron chi connectivity index (χ4n) is 3.32. The van der Waals surface area contributed by atoms with Gasteiger partial charge in [-0.1, -0.05) is 6.07 Å². The van der Waals surface area contributed by atoms with E-state index >= 15 is 0 Å². The van der Waals surface area contributed by atoms with E-state index in [4.69, 9.17) is 14.2 Å². The number of carbonyl (C=O) groups excluding carboxylic acids is 1. The van der Waals surface area contributed by atoms with Crippen molar-refractivity contribution in [3.05, 3.63) is 58.7 Å². The van der Waals surface area contributed by atoms with Crippen molar-refractivity contribution in [2.75, 3.05) is 20.3 Å². The molecule has 1 saturated heterocycles. The van der Waals surface area contributed by atoms with E-state index in [9.17, 15) is 4.79 Å². The first kappa shape index (κ1) is 19.2. The fourth-order valence-corrected chi connectivity index (χ4v) is 3.32. The van der Waals surface area contributed by atoms with Gasteiger partial charge in [0.25, 0.3) is 5.91 Å². The predicted molar refractivity (Wildman–Crippen MR) is 105 cm³/mol. The van der Waals surface area contributed by atoms with E-state index in [2.05, 4.69) is 11.4 Å². The zero-order chi connectivity index (χ0) is 19.2. The van der Waals surface area contributed by atoms with Crippen molar-refractivity contribution in [2.45, 2.75) is 39.4 Å². The van der Waals surface area contributed by atoms with Gasteiger partial charge in [0.15, 0.2) is 0 Å². The van der Waals surface area contributed by atoms with Crippen LogP contribution < -0.4 is 14.8 Å². The lowest BCUT2D eigenvalue weighted by Crippen LogP contribution is -2.31. The Bertz CT molecular complexity index is 777. The van der Waals surface area contributed by atoms with Crippen molar-refractivity contribution in [3.8, 4) is 11.5 Å². The van der Waals surface area contributed by atoms with Crippen LogP contribution in [0.4, 0.5) is 0 Å². The quantitative estimate of drug-likeness (QED) is 0.807. The molecule has 5 heteroatoms. The van der Waals surface area contributed by atoms with Crippen LogP contribution in [0.1, 0.15) is 39.9 Å². The summed E-state index contributed by atoms with van der Waals surface area (Å²) in [6.45, 7) is 5.74. The van der Waals surface area contributed by atoms with Crippen LogP contribution in [-0.4, -0.2) is 32.3 Å². The van der Waals surface area contributed by atoms with Crippen LogP contribution in [0.25, 0.3) is 0 Å². The van der Waals surface area contributed by atoms with E-state index < -0.39 is 0 Å². The van der Waals surface area contributed by atoms with Crippen molar-refractivity contribution >= 4 is 5.91 Å². The number of ether oxygens (including phenoxy) is 3. The highest BCUT2D eigenvalue weighted by Crippen LogP contribution is 2.23. The second kappa shape index (κ2) is 8.91. The molecule has 1 aliphatic rings. The standard InChI is InChI=1S/C22H27NO4/c1-15-9-16(2)11-20(10-15)27-14-18-12-17(6-7-21(18)25-3)22(24)23-13-19-5-4-8-26-19/h6-7,9-12,19H,4-5,8,13-14H2,1-3H3,(H,23,24)/t19-/m1/s1. The van der Waals surface area contributed by atoms with Gasteiger partial charge in [0, 0.05) is 24.3 Å². The Labute approximate surface area is 160 Å². The molecule has 3 rings (SSSR count). The maximum Gasteiger partial charge on any atom is 0.251 e. The van der Waals surface area contributed by atoms with Crippen molar-refractivity contribution in [2.24, 2.45) is 0 Å². The SMILES string of the molecule is COc1ccc(C(=O)NC[C@H]2CCCO2)cc1COc1cc(C)cc(C)c1. The van der Waals surface area contributed by atoms with Gasteiger partial charge in [-0.3, -0.25) is 4.79 Å². The van der Waals surface area contributed by atoms with Gasteiger partial charge in [-0.25, -0.2) is 0 Å². The molecule has 1 amide bonds. The van der Waals surface area contributed by atoms with Gasteiger partial charge in [-0.05, 0) is 68.1 Å². The summed E-state index contributed by atoms with van der Waals surface area (Å²) >= 11 is 0. The number of aryl methyl sites for hydroxylation is 2. The lowest BCUT2D eigenvalue weighted by molar-refractivity contribution is 0.0857. The minimum atomic E-state index is -0.110. The summed E-state index contributed by atoms with van der Waals surface area (Å²) in [6, 6.07) is 11.5. The molecule has 1 fully saturated rings. The maximum absolute atomic E-state index is 12.5. The second-order valence-electron chi connectivity index (χ2n) is 6.98. The third-order valence-electron chi connectivity index (χ3n) is 4.65. The predicted octanol–water partition coefficient (Wildman–Crippen LogP) is 3.80. The molecule has 144 valence electrons. The fraction of sp³-hybridized carbons (Fsp3) is 0.409. The van der Waals surface area contributed by atoms with Gasteiger partial charge in [-0.2, -0.15) is 0 Å². The summed E-state index contributed by atoms with van der Waals surface area (Å²) in [4.78, 5) is 12.5. The van der Waals surface area contributed by atoms with Crippen LogP contribution in [0.2, 0.25) is 0 Å². The summed E-state index contributed by atoms with van der Waals surface area (Å²) in [5, 5.41) is 2.95. The van der Waals surface area contributed by atoms with E-state index in [0.29, 0.717) is 24.5 Å². The molecular weight excluding hydrogens is 342 g/mol. The van der Waals surface area contributed by atoms with Crippen LogP contribution >= 0.6 is 0 Å². The Kier molecular flexibility index (Phi) is 6.35. The lowest BCUT2D eigenvalue weighted by Gasteiger charge is -2.14. The first-order chi connectivity index (χ1) is 13.0. The summed E-state index contributed by atoms with van der Waals surface area (Å²) in [6.07, 6.45) is 2.18. The average Bonchev–Trinajstić information content (AvgIpc) is 3.17. The molecule has 0 aromatic heterocycles. The molecule has 2 aromatic rings. The number of amides is 1. The van der Waals surface area contributed by atoms with Crippen LogP contribution in [0, 0.1) is 13.8 Å². The van der Waals surface area contributed by atoms with E-state index in [1.807, 2.05) is 32.0 Å². The van der Waals surface area contributed by atoms with Crippen LogP contribution in [-0.2, 0) is 11.3 Å². The van der Waals surface area contributed by atoms with Crippen LogP contribution in [0.5, 0.6) is 11.5 Å². The molecular formula is C22H27NO4. The molecule has 0 aliphatic carbocycles. The van der Waals surface area contributed by atoms with E-state index in [-0.39, 0.29) is 12.0 Å². The molecule has 0 radical (unpaired) electrons. The average molecular weight is 369 g/mol. The Morgan fingerprint density at radius 1 is 1.19 bits per heavy atom. The van der Waals surface area contributed by atoms with E-state index in [1.165, 1.54) is 0 Å². The lowest BCUT2D eigenvalue weighted by atomic mass is 10.1. The Balaban J connectivity index is 1.67. The minimum absolute atomic E-state index is 0.110. The Morgan fingerprint density at radius 2 is 1.96 bits per heavy atom. The zero-order valence-electron chi connectivity index (χ0n) is 16.2. The monoisotopic (exact) mass is 369 g/mol. The number of carbonyl (C=O) groups is 1. The van der Waals surface area contributed by atoms with Gasteiger partial charge in [-0.15, -0.1) is 0 Å². The zero-order valence-corrected chi connectivity index (χ0v) is 16.2. The summed E-state index contributed by atoms with van der Waals surface area (Å²) in [5.41, 5.74) is 3.73. The second-order valence-corrected chi connectivity index (χ2v) is 6.98. The summed E-state index contributed by atoms with van der Waals surface area (Å²) < 4.78 is 16.9. The van der Waals surface area contributed by atoms with Gasteiger partial charge in [0.2, 0.25) is 0 Å². The molecule has 1 N–H and O–H groups in total. The molecule has 5 nitrogen and oxygen atoms in total. The molecule has 1 aliphatic heterocycles. The Morgan fingerprint density at radius 3 is 2.63 bits per heavy atom. The highest BCUT2D eigenvalue weighted by Gasteiger charge is 2.17. The third-order valence-corrected chi connectivity index (χ3v) is 4.65. The highest BCUT2D eigenvalue weighted by atomic mass is 16.5. The van der Waals surface area contributed by atoms with Crippen molar-refractivity contribution in [3.63, 3.8) is 0 Å². The molecule has 0 spiro atoms. The first-order valence-corrected chi connectivity index (χ1v) is 9.33. The summed E-state index contributed by atoms with van der Waals surface area (Å²) in [7, 11) is 1.62. The van der Waals surface area contributed by atoms with Crippen LogP contribution in [0.3, 0.4) is 0 Å². The van der Waals surface area contributed by atoms with Gasteiger partial charge in [0.1, 0.15) is 18.1 Å². The number of hydrogen-bond acceptors (Lipinski definition) is 4. The number of benzene rings is 2. The van der Waals surface area contributed by atoms with Gasteiger partial charge in [0.05, 0.1) is 13.2 Å². The molecule has 1 atom stereocenters. The minimum Gasteiger partial charge on any atom is -0.496 e. The van der Waals surface area contributed by atoms with Crippen molar-refractivity contribution in [1.82, 2.24) is 5.32 Å². The van der Waals surface area contributed by atoms with Crippen molar-refractivity contribution < 1.29 is 19.0 Å². The Hall–Kier alpha value is -2.53. The van der Waals surface area contributed by atoms with Crippen molar-refractivity contribution in [1.29, 1.82) is 0 Å². The largest absolute Gasteiger partial charge is 0.496 e. The highest BCUT2D eigenvalue weighted by molar-refractivity contribution is 5.94. The van der Waals surface area contributed by atoms with E-state index in [1.54, 1.807) is 19.2 Å². The van der Waals surface area contributed by atoms with E-state index in [0.717, 1.165) is 41.9 Å². The number of nitrogens with one attached hydrogen (secondary N) is 1. The number of rotatable bonds is 7. The molecule has 2 aromatic carbocycles. The normalized spacial score (nSPS) is 16.2. The van der Waals surface area contributed by atoms with Crippen LogP contribution in [0.15, 0.2) is 36.4 Å². The first-order valence-electron chi connectivity index (χ1n) is 9.33.